The van der Waals surface area contributed by atoms with Gasteiger partial charge in [-0.05, 0) is 42.5 Å². The maximum Gasteiger partial charge on any atom is 0.339 e. The zero-order valence-corrected chi connectivity index (χ0v) is 18.9. The Morgan fingerprint density at radius 1 is 0.886 bits per heavy atom. The van der Waals surface area contributed by atoms with Crippen molar-refractivity contribution in [1.29, 1.82) is 0 Å². The van der Waals surface area contributed by atoms with Crippen molar-refractivity contribution >= 4 is 40.9 Å². The van der Waals surface area contributed by atoms with Gasteiger partial charge in [0.15, 0.2) is 12.4 Å². The smallest absolute Gasteiger partial charge is 0.339 e. The predicted octanol–water partition coefficient (Wildman–Crippen LogP) is 4.62. The van der Waals surface area contributed by atoms with Gasteiger partial charge in [-0.3, -0.25) is 29.8 Å². The molecule has 0 amide bonds. The van der Waals surface area contributed by atoms with E-state index in [-0.39, 0.29) is 21.8 Å². The minimum atomic E-state index is -0.831. The van der Waals surface area contributed by atoms with Gasteiger partial charge < -0.3 is 9.47 Å². The van der Waals surface area contributed by atoms with Crippen molar-refractivity contribution in [1.82, 2.24) is 0 Å². The van der Waals surface area contributed by atoms with Crippen LogP contribution in [0.4, 0.5) is 11.4 Å². The highest BCUT2D eigenvalue weighted by molar-refractivity contribution is 7.99. The highest BCUT2D eigenvalue weighted by atomic mass is 32.2. The first-order valence-corrected chi connectivity index (χ1v) is 10.7. The molecule has 0 unspecified atom stereocenters. The van der Waals surface area contributed by atoms with Crippen LogP contribution in [-0.4, -0.2) is 34.2 Å². The van der Waals surface area contributed by atoms with Crippen LogP contribution in [0.5, 0.6) is 5.75 Å². The van der Waals surface area contributed by atoms with E-state index in [2.05, 4.69) is 0 Å². The lowest BCUT2D eigenvalue weighted by Crippen LogP contribution is -2.15. The Kier molecular flexibility index (Phi) is 7.89. The molecule has 0 aliphatic rings. The fourth-order valence-corrected chi connectivity index (χ4v) is 3.88. The zero-order chi connectivity index (χ0) is 25.5. The second-order valence-corrected chi connectivity index (χ2v) is 7.97. The van der Waals surface area contributed by atoms with E-state index in [0.717, 1.165) is 23.9 Å². The highest BCUT2D eigenvalue weighted by Crippen LogP contribution is 2.38. The van der Waals surface area contributed by atoms with Crippen molar-refractivity contribution in [2.24, 2.45) is 0 Å². The fraction of sp³-hybridized carbons (Fsp3) is 0.0870. The molecule has 0 aliphatic carbocycles. The third-order valence-electron chi connectivity index (χ3n) is 4.45. The third-order valence-corrected chi connectivity index (χ3v) is 5.59. The SMILES string of the molecule is CC(=O)Oc1ccc(C(=O)COC(=O)c2ccccc2Sc2ccc([N+](=O)[O-])cc2[N+](=O)[O-])cc1. The van der Waals surface area contributed by atoms with E-state index in [9.17, 15) is 34.6 Å². The van der Waals surface area contributed by atoms with Gasteiger partial charge in [0.25, 0.3) is 11.4 Å². The second kappa shape index (κ2) is 11.0. The normalized spacial score (nSPS) is 10.3. The lowest BCUT2D eigenvalue weighted by molar-refractivity contribution is -0.396. The van der Waals surface area contributed by atoms with Gasteiger partial charge in [-0.25, -0.2) is 4.79 Å². The topological polar surface area (TPSA) is 156 Å². The van der Waals surface area contributed by atoms with Crippen LogP contribution in [0, 0.1) is 20.2 Å². The summed E-state index contributed by atoms with van der Waals surface area (Å²) in [6.45, 7) is 0.677. The largest absolute Gasteiger partial charge is 0.454 e. The zero-order valence-electron chi connectivity index (χ0n) is 18.0. The molecule has 0 bridgehead atoms. The summed E-state index contributed by atoms with van der Waals surface area (Å²) in [6, 6.07) is 15.0. The summed E-state index contributed by atoms with van der Waals surface area (Å²) in [6.07, 6.45) is 0. The first-order chi connectivity index (χ1) is 16.7. The summed E-state index contributed by atoms with van der Waals surface area (Å²) in [5.41, 5.74) is -0.631. The Morgan fingerprint density at radius 2 is 1.57 bits per heavy atom. The molecule has 0 N–H and O–H groups in total. The lowest BCUT2D eigenvalue weighted by Gasteiger charge is -2.10. The number of ether oxygens (including phenoxy) is 2. The quantitative estimate of drug-likeness (QED) is 0.135. The Morgan fingerprint density at radius 3 is 2.20 bits per heavy atom. The summed E-state index contributed by atoms with van der Waals surface area (Å²) in [4.78, 5) is 57.3. The number of nitrogens with zero attached hydrogens (tertiary/aromatic N) is 2. The van der Waals surface area contributed by atoms with E-state index in [0.29, 0.717) is 4.90 Å². The summed E-state index contributed by atoms with van der Waals surface area (Å²) >= 11 is 0.863. The maximum absolute atomic E-state index is 12.7. The molecule has 0 saturated heterocycles. The highest BCUT2D eigenvalue weighted by Gasteiger charge is 2.23. The number of carbonyl (C=O) groups excluding carboxylic acids is 3. The molecule has 0 aromatic heterocycles. The Balaban J connectivity index is 1.74. The van der Waals surface area contributed by atoms with Crippen LogP contribution in [-0.2, 0) is 9.53 Å². The summed E-state index contributed by atoms with van der Waals surface area (Å²) in [7, 11) is 0. The molecule has 178 valence electrons. The van der Waals surface area contributed by atoms with E-state index in [1.54, 1.807) is 12.1 Å². The summed E-state index contributed by atoms with van der Waals surface area (Å²) in [5, 5.41) is 22.4. The monoisotopic (exact) mass is 496 g/mol. The van der Waals surface area contributed by atoms with Gasteiger partial charge in [-0.2, -0.15) is 0 Å². The number of non-ortho nitro benzene ring substituents is 1. The number of rotatable bonds is 9. The van der Waals surface area contributed by atoms with Gasteiger partial charge in [0.1, 0.15) is 5.75 Å². The van der Waals surface area contributed by atoms with E-state index < -0.39 is 45.6 Å². The Hall–Kier alpha value is -4.58. The molecule has 35 heavy (non-hydrogen) atoms. The molecule has 0 atom stereocenters. The third kappa shape index (κ3) is 6.48. The number of benzene rings is 3. The summed E-state index contributed by atoms with van der Waals surface area (Å²) in [5.74, 6) is -1.57. The number of hydrogen-bond donors (Lipinski definition) is 0. The minimum absolute atomic E-state index is 0.0585. The van der Waals surface area contributed by atoms with Gasteiger partial charge in [-0.1, -0.05) is 23.9 Å². The molecular weight excluding hydrogens is 480 g/mol. The molecule has 3 rings (SSSR count). The van der Waals surface area contributed by atoms with E-state index >= 15 is 0 Å². The van der Waals surface area contributed by atoms with Gasteiger partial charge in [0, 0.05) is 23.4 Å². The molecule has 3 aromatic rings. The number of hydrogen-bond acceptors (Lipinski definition) is 10. The van der Waals surface area contributed by atoms with E-state index in [4.69, 9.17) is 9.47 Å². The number of esters is 2. The molecule has 0 aliphatic heterocycles. The number of carbonyl (C=O) groups is 3. The number of nitro groups is 2. The van der Waals surface area contributed by atoms with Crippen molar-refractivity contribution in [3.8, 4) is 5.75 Å². The van der Waals surface area contributed by atoms with Gasteiger partial charge in [-0.15, -0.1) is 0 Å². The second-order valence-electron chi connectivity index (χ2n) is 6.88. The number of Topliss-reactive ketones (excluding diaryl/α,β-unsaturated/α-hetero) is 1. The van der Waals surface area contributed by atoms with Crippen molar-refractivity contribution in [3.05, 3.63) is 98.1 Å². The number of nitro benzene ring substituents is 2. The van der Waals surface area contributed by atoms with Gasteiger partial charge in [0.05, 0.1) is 26.4 Å². The molecule has 0 fully saturated rings. The van der Waals surface area contributed by atoms with Crippen LogP contribution in [0.15, 0.2) is 76.5 Å². The summed E-state index contributed by atoms with van der Waals surface area (Å²) < 4.78 is 10.0. The van der Waals surface area contributed by atoms with Crippen molar-refractivity contribution in [2.75, 3.05) is 6.61 Å². The van der Waals surface area contributed by atoms with E-state index in [1.165, 1.54) is 49.4 Å². The molecular formula is C23H16N2O9S. The molecule has 0 spiro atoms. The average Bonchev–Trinajstić information content (AvgIpc) is 2.82. The first kappa shape index (κ1) is 25.1. The van der Waals surface area contributed by atoms with Crippen LogP contribution in [0.1, 0.15) is 27.6 Å². The number of ketones is 1. The van der Waals surface area contributed by atoms with Crippen LogP contribution < -0.4 is 4.74 Å². The predicted molar refractivity (Wildman–Crippen MR) is 123 cm³/mol. The molecule has 12 heteroatoms. The lowest BCUT2D eigenvalue weighted by atomic mass is 10.1. The molecule has 0 saturated carbocycles. The van der Waals surface area contributed by atoms with Crippen LogP contribution in [0.2, 0.25) is 0 Å². The minimum Gasteiger partial charge on any atom is -0.454 e. The van der Waals surface area contributed by atoms with Crippen molar-refractivity contribution in [2.45, 2.75) is 16.7 Å². The standard InChI is InChI=1S/C23H16N2O9S/c1-14(26)34-17-9-6-15(7-10-17)20(27)13-33-23(28)18-4-2-3-5-21(18)35-22-11-8-16(24(29)30)12-19(22)25(31)32/h2-12H,13H2,1H3. The molecule has 0 heterocycles. The fourth-order valence-electron chi connectivity index (χ4n) is 2.86. The van der Waals surface area contributed by atoms with Crippen LogP contribution >= 0.6 is 11.8 Å². The Labute approximate surface area is 202 Å². The van der Waals surface area contributed by atoms with Crippen LogP contribution in [0.25, 0.3) is 0 Å². The first-order valence-electron chi connectivity index (χ1n) is 9.84. The Bertz CT molecular complexity index is 1320. The average molecular weight is 496 g/mol. The molecule has 0 radical (unpaired) electrons. The van der Waals surface area contributed by atoms with Crippen molar-refractivity contribution < 1.29 is 33.7 Å². The molecule has 3 aromatic carbocycles. The van der Waals surface area contributed by atoms with Crippen molar-refractivity contribution in [3.63, 3.8) is 0 Å². The molecule has 11 nitrogen and oxygen atoms in total. The van der Waals surface area contributed by atoms with Crippen LogP contribution in [0.3, 0.4) is 0 Å². The van der Waals surface area contributed by atoms with Gasteiger partial charge >= 0.3 is 11.9 Å². The van der Waals surface area contributed by atoms with E-state index in [1.807, 2.05) is 0 Å². The van der Waals surface area contributed by atoms with Gasteiger partial charge in [0.2, 0.25) is 0 Å². The maximum atomic E-state index is 12.7.